The lowest BCUT2D eigenvalue weighted by Gasteiger charge is -2.05. The smallest absolute Gasteiger partial charge is 0.335 e. The van der Waals surface area contributed by atoms with Gasteiger partial charge in [-0.25, -0.2) is 9.18 Å². The molecule has 0 aliphatic carbocycles. The first-order chi connectivity index (χ1) is 8.61. The summed E-state index contributed by atoms with van der Waals surface area (Å²) in [4.78, 5) is 14.8. The van der Waals surface area contributed by atoms with Crippen molar-refractivity contribution in [1.82, 2.24) is 4.98 Å². The highest BCUT2D eigenvalue weighted by molar-refractivity contribution is 5.88. The van der Waals surface area contributed by atoms with Crippen molar-refractivity contribution < 1.29 is 19.0 Å². The van der Waals surface area contributed by atoms with E-state index in [4.69, 9.17) is 9.84 Å². The van der Waals surface area contributed by atoms with Crippen LogP contribution < -0.4 is 4.74 Å². The summed E-state index contributed by atoms with van der Waals surface area (Å²) in [5, 5.41) is 8.87. The number of hydrogen-bond acceptors (Lipinski definition) is 3. The van der Waals surface area contributed by atoms with E-state index < -0.39 is 11.8 Å². The maximum absolute atomic E-state index is 13.8. The fourth-order valence-electron chi connectivity index (χ4n) is 1.54. The van der Waals surface area contributed by atoms with Crippen molar-refractivity contribution >= 4 is 5.97 Å². The molecule has 0 spiro atoms. The van der Waals surface area contributed by atoms with E-state index in [9.17, 15) is 9.18 Å². The van der Waals surface area contributed by atoms with E-state index >= 15 is 0 Å². The Hall–Kier alpha value is -2.43. The van der Waals surface area contributed by atoms with Gasteiger partial charge in [-0.2, -0.15) is 0 Å². The van der Waals surface area contributed by atoms with Gasteiger partial charge in [-0.3, -0.25) is 4.98 Å². The van der Waals surface area contributed by atoms with Gasteiger partial charge in [0.1, 0.15) is 11.6 Å². The SMILES string of the molecule is COc1ccc(-c2cc(C(=O)O)ccn2)c(F)c1. The quantitative estimate of drug-likeness (QED) is 0.905. The van der Waals surface area contributed by atoms with Crippen LogP contribution in [-0.2, 0) is 0 Å². The predicted molar refractivity (Wildman–Crippen MR) is 63.1 cm³/mol. The molecule has 0 atom stereocenters. The van der Waals surface area contributed by atoms with Crippen LogP contribution in [0.2, 0.25) is 0 Å². The van der Waals surface area contributed by atoms with E-state index in [1.165, 1.54) is 37.6 Å². The second-order valence-corrected chi connectivity index (χ2v) is 3.58. The Labute approximate surface area is 103 Å². The molecule has 2 rings (SSSR count). The normalized spacial score (nSPS) is 10.1. The Morgan fingerprint density at radius 3 is 2.72 bits per heavy atom. The van der Waals surface area contributed by atoms with Crippen LogP contribution in [0.4, 0.5) is 4.39 Å². The number of carboxylic acid groups (broad SMARTS) is 1. The number of carbonyl (C=O) groups is 1. The predicted octanol–water partition coefficient (Wildman–Crippen LogP) is 2.59. The van der Waals surface area contributed by atoms with Crippen molar-refractivity contribution in [3.05, 3.63) is 47.9 Å². The molecule has 18 heavy (non-hydrogen) atoms. The summed E-state index contributed by atoms with van der Waals surface area (Å²) < 4.78 is 18.7. The number of carboxylic acids is 1. The average molecular weight is 247 g/mol. The zero-order chi connectivity index (χ0) is 13.1. The molecule has 1 heterocycles. The number of nitrogens with zero attached hydrogens (tertiary/aromatic N) is 1. The Bertz CT molecular complexity index is 599. The molecule has 0 saturated carbocycles. The monoisotopic (exact) mass is 247 g/mol. The van der Waals surface area contributed by atoms with Crippen molar-refractivity contribution in [2.75, 3.05) is 7.11 Å². The highest BCUT2D eigenvalue weighted by Gasteiger charge is 2.10. The molecule has 0 saturated heterocycles. The van der Waals surface area contributed by atoms with E-state index in [-0.39, 0.29) is 16.8 Å². The molecule has 1 aromatic heterocycles. The summed E-state index contributed by atoms with van der Waals surface area (Å²) in [6, 6.07) is 7.00. The van der Waals surface area contributed by atoms with Crippen molar-refractivity contribution in [1.29, 1.82) is 0 Å². The van der Waals surface area contributed by atoms with Gasteiger partial charge in [-0.1, -0.05) is 0 Å². The Morgan fingerprint density at radius 1 is 1.33 bits per heavy atom. The summed E-state index contributed by atoms with van der Waals surface area (Å²) >= 11 is 0. The summed E-state index contributed by atoms with van der Waals surface area (Å²) in [5.74, 6) is -1.19. The molecule has 2 aromatic rings. The number of ether oxygens (including phenoxy) is 1. The number of halogens is 1. The number of methoxy groups -OCH3 is 1. The summed E-state index contributed by atoms with van der Waals surface area (Å²) in [6.45, 7) is 0. The van der Waals surface area contributed by atoms with Crippen LogP contribution >= 0.6 is 0 Å². The average Bonchev–Trinajstić information content (AvgIpc) is 2.38. The van der Waals surface area contributed by atoms with Crippen molar-refractivity contribution in [3.8, 4) is 17.0 Å². The maximum atomic E-state index is 13.8. The van der Waals surface area contributed by atoms with Crippen molar-refractivity contribution in [2.45, 2.75) is 0 Å². The summed E-state index contributed by atoms with van der Waals surface area (Å²) in [6.07, 6.45) is 1.34. The Morgan fingerprint density at radius 2 is 2.11 bits per heavy atom. The molecule has 0 radical (unpaired) electrons. The van der Waals surface area contributed by atoms with Crippen molar-refractivity contribution in [3.63, 3.8) is 0 Å². The minimum absolute atomic E-state index is 0.0650. The second kappa shape index (κ2) is 4.83. The van der Waals surface area contributed by atoms with Crippen LogP contribution in [0.3, 0.4) is 0 Å². The molecule has 1 aromatic carbocycles. The highest BCUT2D eigenvalue weighted by atomic mass is 19.1. The number of aromatic nitrogens is 1. The molecular weight excluding hydrogens is 237 g/mol. The largest absolute Gasteiger partial charge is 0.497 e. The second-order valence-electron chi connectivity index (χ2n) is 3.58. The molecule has 0 unspecified atom stereocenters. The first-order valence-corrected chi connectivity index (χ1v) is 5.15. The van der Waals surface area contributed by atoms with E-state index in [1.54, 1.807) is 6.07 Å². The van der Waals surface area contributed by atoms with Gasteiger partial charge >= 0.3 is 5.97 Å². The third-order valence-electron chi connectivity index (χ3n) is 2.46. The van der Waals surface area contributed by atoms with Gasteiger partial charge in [0.2, 0.25) is 0 Å². The molecule has 5 heteroatoms. The van der Waals surface area contributed by atoms with Crippen LogP contribution in [0.15, 0.2) is 36.5 Å². The van der Waals surface area contributed by atoms with Gasteiger partial charge in [-0.05, 0) is 24.3 Å². The fraction of sp³-hybridized carbons (Fsp3) is 0.0769. The zero-order valence-corrected chi connectivity index (χ0v) is 9.55. The Balaban J connectivity index is 2.48. The minimum atomic E-state index is -1.08. The van der Waals surface area contributed by atoms with Gasteiger partial charge in [0.25, 0.3) is 0 Å². The molecule has 4 nitrogen and oxygen atoms in total. The lowest BCUT2D eigenvalue weighted by atomic mass is 10.1. The lowest BCUT2D eigenvalue weighted by molar-refractivity contribution is 0.0697. The van der Waals surface area contributed by atoms with Gasteiger partial charge in [0, 0.05) is 17.8 Å². The van der Waals surface area contributed by atoms with Gasteiger partial charge in [-0.15, -0.1) is 0 Å². The molecule has 0 amide bonds. The highest BCUT2D eigenvalue weighted by Crippen LogP contribution is 2.25. The van der Waals surface area contributed by atoms with Gasteiger partial charge < -0.3 is 9.84 Å². The third-order valence-corrected chi connectivity index (χ3v) is 2.46. The first kappa shape index (κ1) is 12.0. The van der Waals surface area contributed by atoms with Gasteiger partial charge in [0.05, 0.1) is 18.4 Å². The number of aromatic carboxylic acids is 1. The summed E-state index contributed by atoms with van der Waals surface area (Å²) in [5.41, 5.74) is 0.573. The standard InChI is InChI=1S/C13H10FNO3/c1-18-9-2-3-10(11(14)7-9)12-6-8(13(16)17)4-5-15-12/h2-7H,1H3,(H,16,17). The lowest BCUT2D eigenvalue weighted by Crippen LogP contribution is -1.98. The Kier molecular flexibility index (Phi) is 3.23. The number of benzene rings is 1. The third kappa shape index (κ3) is 2.29. The minimum Gasteiger partial charge on any atom is -0.497 e. The molecule has 1 N–H and O–H groups in total. The number of pyridine rings is 1. The summed E-state index contributed by atoms with van der Waals surface area (Å²) in [7, 11) is 1.44. The molecule has 0 aliphatic rings. The van der Waals surface area contributed by atoms with E-state index in [2.05, 4.69) is 4.98 Å². The van der Waals surface area contributed by atoms with E-state index in [0.717, 1.165) is 0 Å². The van der Waals surface area contributed by atoms with Crippen LogP contribution in [-0.4, -0.2) is 23.2 Å². The van der Waals surface area contributed by atoms with Gasteiger partial charge in [0.15, 0.2) is 0 Å². The first-order valence-electron chi connectivity index (χ1n) is 5.15. The van der Waals surface area contributed by atoms with Crippen molar-refractivity contribution in [2.24, 2.45) is 0 Å². The van der Waals surface area contributed by atoms with Crippen LogP contribution in [0.1, 0.15) is 10.4 Å². The van der Waals surface area contributed by atoms with Crippen LogP contribution in [0.25, 0.3) is 11.3 Å². The molecule has 0 fully saturated rings. The number of hydrogen-bond donors (Lipinski definition) is 1. The van der Waals surface area contributed by atoms with Crippen LogP contribution in [0.5, 0.6) is 5.75 Å². The van der Waals surface area contributed by atoms with E-state index in [1.807, 2.05) is 0 Å². The number of rotatable bonds is 3. The molecule has 92 valence electrons. The molecular formula is C13H10FNO3. The zero-order valence-electron chi connectivity index (χ0n) is 9.55. The van der Waals surface area contributed by atoms with E-state index in [0.29, 0.717) is 5.75 Å². The topological polar surface area (TPSA) is 59.4 Å². The molecule has 0 aliphatic heterocycles. The maximum Gasteiger partial charge on any atom is 0.335 e. The van der Waals surface area contributed by atoms with Crippen LogP contribution in [0, 0.1) is 5.82 Å². The molecule has 0 bridgehead atoms. The fourth-order valence-corrected chi connectivity index (χ4v) is 1.54.